The number of benzene rings is 1. The molecule has 0 bridgehead atoms. The van der Waals surface area contributed by atoms with Crippen molar-refractivity contribution in [3.05, 3.63) is 41.0 Å². The van der Waals surface area contributed by atoms with E-state index in [0.717, 1.165) is 0 Å². The van der Waals surface area contributed by atoms with Crippen LogP contribution in [0.15, 0.2) is 30.3 Å². The Bertz CT molecular complexity index is 516. The third kappa shape index (κ3) is 2.49. The van der Waals surface area contributed by atoms with Crippen LogP contribution in [0.5, 0.6) is 0 Å². The Morgan fingerprint density at radius 1 is 1.33 bits per heavy atom. The van der Waals surface area contributed by atoms with Gasteiger partial charge < -0.3 is 9.90 Å². The van der Waals surface area contributed by atoms with Gasteiger partial charge in [-0.3, -0.25) is 0 Å². The maximum Gasteiger partial charge on any atom is 1.00 e. The first-order chi connectivity index (χ1) is 6.68. The first kappa shape index (κ1) is 12.5. The van der Waals surface area contributed by atoms with E-state index in [-0.39, 0.29) is 40.3 Å². The summed E-state index contributed by atoms with van der Waals surface area (Å²) >= 11 is 5.67. The van der Waals surface area contributed by atoms with Crippen molar-refractivity contribution in [2.75, 3.05) is 0 Å². The van der Waals surface area contributed by atoms with Crippen LogP contribution in [0.25, 0.3) is 10.9 Å². The molecule has 0 saturated carbocycles. The van der Waals surface area contributed by atoms with Crippen molar-refractivity contribution < 1.29 is 39.5 Å². The zero-order valence-corrected chi connectivity index (χ0v) is 10.8. The monoisotopic (exact) mass is 229 g/mol. The fraction of sp³-hybridized carbons (Fsp3) is 0. The van der Waals surface area contributed by atoms with Gasteiger partial charge in [0.2, 0.25) is 0 Å². The molecule has 0 fully saturated rings. The third-order valence-electron chi connectivity index (χ3n) is 1.90. The molecule has 0 aliphatic rings. The van der Waals surface area contributed by atoms with Crippen molar-refractivity contribution >= 4 is 28.5 Å². The van der Waals surface area contributed by atoms with Crippen LogP contribution in [0.4, 0.5) is 0 Å². The quantitative estimate of drug-likeness (QED) is 0.431. The van der Waals surface area contributed by atoms with E-state index in [4.69, 9.17) is 11.6 Å². The van der Waals surface area contributed by atoms with E-state index in [2.05, 4.69) is 4.98 Å². The smallest absolute Gasteiger partial charge is 0.545 e. The van der Waals surface area contributed by atoms with Gasteiger partial charge in [0.15, 0.2) is 0 Å². The molecule has 0 aliphatic heterocycles. The summed E-state index contributed by atoms with van der Waals surface area (Å²) in [6.07, 6.45) is 0. The number of carbonyl (C=O) groups excluding carboxylic acids is 1. The molecule has 0 spiro atoms. The summed E-state index contributed by atoms with van der Waals surface area (Å²) in [6.45, 7) is 0. The van der Waals surface area contributed by atoms with E-state index in [0.29, 0.717) is 10.9 Å². The summed E-state index contributed by atoms with van der Waals surface area (Å²) in [5.41, 5.74) is 0.625. The fourth-order valence-corrected chi connectivity index (χ4v) is 1.51. The first-order valence-electron chi connectivity index (χ1n) is 3.95. The molecule has 0 N–H and O–H groups in total. The van der Waals surface area contributed by atoms with E-state index in [1.54, 1.807) is 24.3 Å². The zero-order valence-electron chi connectivity index (χ0n) is 8.03. The van der Waals surface area contributed by atoms with Gasteiger partial charge in [-0.2, -0.15) is 0 Å². The number of hydrogen-bond acceptors (Lipinski definition) is 3. The maximum absolute atomic E-state index is 10.8. The van der Waals surface area contributed by atoms with Crippen LogP contribution in [0.2, 0.25) is 5.15 Å². The fourth-order valence-electron chi connectivity index (χ4n) is 1.31. The van der Waals surface area contributed by atoms with Gasteiger partial charge in [0.25, 0.3) is 0 Å². The summed E-state index contributed by atoms with van der Waals surface area (Å²) in [7, 11) is 0. The second-order valence-corrected chi connectivity index (χ2v) is 3.18. The van der Waals surface area contributed by atoms with Crippen LogP contribution in [0.3, 0.4) is 0 Å². The molecule has 15 heavy (non-hydrogen) atoms. The van der Waals surface area contributed by atoms with E-state index in [9.17, 15) is 9.90 Å². The summed E-state index contributed by atoms with van der Waals surface area (Å²) in [5.74, 6) is -1.24. The summed E-state index contributed by atoms with van der Waals surface area (Å²) in [6, 6.07) is 8.17. The molecular weight excluding hydrogens is 225 g/mol. The molecule has 0 aliphatic carbocycles. The van der Waals surface area contributed by atoms with Crippen molar-refractivity contribution in [2.24, 2.45) is 0 Å². The molecule has 1 heterocycles. The third-order valence-corrected chi connectivity index (χ3v) is 2.10. The SMILES string of the molecule is O=C([O-])c1cc(Cl)nc2ccccc12.[Na+]. The van der Waals surface area contributed by atoms with Crippen LogP contribution < -0.4 is 34.7 Å². The average molecular weight is 230 g/mol. The molecular formula is C10H5ClNNaO2. The van der Waals surface area contributed by atoms with Gasteiger partial charge in [-0.05, 0) is 12.1 Å². The second-order valence-electron chi connectivity index (χ2n) is 2.80. The van der Waals surface area contributed by atoms with Crippen molar-refractivity contribution in [1.82, 2.24) is 4.98 Å². The van der Waals surface area contributed by atoms with Gasteiger partial charge in [0.05, 0.1) is 11.5 Å². The number of halogens is 1. The average Bonchev–Trinajstić information content (AvgIpc) is 2.16. The van der Waals surface area contributed by atoms with Crippen LogP contribution in [-0.2, 0) is 0 Å². The van der Waals surface area contributed by atoms with Crippen molar-refractivity contribution in [3.63, 3.8) is 0 Å². The Morgan fingerprint density at radius 3 is 2.67 bits per heavy atom. The van der Waals surface area contributed by atoms with Crippen molar-refractivity contribution in [2.45, 2.75) is 0 Å². The molecule has 70 valence electrons. The number of rotatable bonds is 1. The maximum atomic E-state index is 10.8. The van der Waals surface area contributed by atoms with Crippen LogP contribution in [0, 0.1) is 0 Å². The Balaban J connectivity index is 0.00000112. The number of aromatic carboxylic acids is 1. The zero-order chi connectivity index (χ0) is 10.1. The van der Waals surface area contributed by atoms with Crippen molar-refractivity contribution in [1.29, 1.82) is 0 Å². The minimum Gasteiger partial charge on any atom is -0.545 e. The Labute approximate surface area is 113 Å². The number of carboxylic acids is 1. The van der Waals surface area contributed by atoms with E-state index < -0.39 is 5.97 Å². The Hall–Kier alpha value is -0.610. The van der Waals surface area contributed by atoms with Gasteiger partial charge in [-0.1, -0.05) is 29.8 Å². The van der Waals surface area contributed by atoms with Crippen molar-refractivity contribution in [3.8, 4) is 0 Å². The predicted molar refractivity (Wildman–Crippen MR) is 51.1 cm³/mol. The summed E-state index contributed by atoms with van der Waals surface area (Å²) < 4.78 is 0. The Morgan fingerprint density at radius 2 is 2.00 bits per heavy atom. The number of fused-ring (bicyclic) bond motifs is 1. The number of nitrogens with zero attached hydrogens (tertiary/aromatic N) is 1. The number of aromatic nitrogens is 1. The van der Waals surface area contributed by atoms with Gasteiger partial charge in [0, 0.05) is 10.9 Å². The van der Waals surface area contributed by atoms with Gasteiger partial charge >= 0.3 is 29.6 Å². The topological polar surface area (TPSA) is 53.0 Å². The molecule has 5 heteroatoms. The molecule has 0 amide bonds. The van der Waals surface area contributed by atoms with Crippen LogP contribution in [0.1, 0.15) is 10.4 Å². The minimum absolute atomic E-state index is 0. The van der Waals surface area contributed by atoms with E-state index in [1.165, 1.54) is 6.07 Å². The molecule has 1 aromatic carbocycles. The molecule has 3 nitrogen and oxygen atoms in total. The second kappa shape index (κ2) is 4.94. The minimum atomic E-state index is -1.24. The number of carboxylic acid groups (broad SMARTS) is 1. The van der Waals surface area contributed by atoms with E-state index >= 15 is 0 Å². The Kier molecular flexibility index (Phi) is 4.11. The number of pyridine rings is 1. The van der Waals surface area contributed by atoms with E-state index in [1.807, 2.05) is 0 Å². The standard InChI is InChI=1S/C10H6ClNO2.Na/c11-9-5-7(10(13)14)6-3-1-2-4-8(6)12-9;/h1-5H,(H,13,14);/q;+1/p-1. The van der Waals surface area contributed by atoms with Gasteiger partial charge in [0.1, 0.15) is 5.15 Å². The van der Waals surface area contributed by atoms with Gasteiger partial charge in [-0.25, -0.2) is 4.98 Å². The molecule has 0 unspecified atom stereocenters. The molecule has 0 radical (unpaired) electrons. The molecule has 1 aromatic heterocycles. The molecule has 0 saturated heterocycles. The number of hydrogen-bond donors (Lipinski definition) is 0. The normalized spacial score (nSPS) is 9.67. The number of para-hydroxylation sites is 1. The van der Waals surface area contributed by atoms with Crippen LogP contribution >= 0.6 is 11.6 Å². The summed E-state index contributed by atoms with van der Waals surface area (Å²) in [4.78, 5) is 14.8. The summed E-state index contributed by atoms with van der Waals surface area (Å²) in [5, 5.41) is 11.5. The predicted octanol–water partition coefficient (Wildman–Crippen LogP) is -1.74. The van der Waals surface area contributed by atoms with Gasteiger partial charge in [-0.15, -0.1) is 0 Å². The first-order valence-corrected chi connectivity index (χ1v) is 4.33. The molecule has 2 aromatic rings. The molecule has 2 rings (SSSR count). The molecule has 0 atom stereocenters. The van der Waals surface area contributed by atoms with Crippen LogP contribution in [-0.4, -0.2) is 11.0 Å². The number of carbonyl (C=O) groups is 1. The largest absolute Gasteiger partial charge is 1.00 e.